The molecule has 7 nitrogen and oxygen atoms in total. The van der Waals surface area contributed by atoms with Crippen LogP contribution in [0.1, 0.15) is 49.3 Å². The number of nitrogens with zero attached hydrogens (tertiary/aromatic N) is 3. The number of hydrazine groups is 1. The number of carbonyl (C=O) groups is 1. The van der Waals surface area contributed by atoms with E-state index in [1.54, 1.807) is 0 Å². The van der Waals surface area contributed by atoms with Crippen LogP contribution in [0.3, 0.4) is 0 Å². The van der Waals surface area contributed by atoms with Crippen LogP contribution in [0, 0.1) is 13.8 Å². The summed E-state index contributed by atoms with van der Waals surface area (Å²) in [6.45, 7) is 8.38. The number of carbonyl (C=O) groups excluding carboxylic acids is 1. The van der Waals surface area contributed by atoms with Crippen molar-refractivity contribution in [3.8, 4) is 0 Å². The number of fused-ring (bicyclic) bond motifs is 1. The first kappa shape index (κ1) is 18.7. The molecule has 2 atom stereocenters. The number of anilines is 1. The molecule has 1 saturated heterocycles. The summed E-state index contributed by atoms with van der Waals surface area (Å²) in [7, 11) is 1.95. The Labute approximate surface area is 165 Å². The Morgan fingerprint density at radius 3 is 2.71 bits per heavy atom. The summed E-state index contributed by atoms with van der Waals surface area (Å²) in [6, 6.07) is 8.24. The van der Waals surface area contributed by atoms with Gasteiger partial charge in [0.1, 0.15) is 6.04 Å². The molecule has 1 fully saturated rings. The molecular formula is C21H28N6O. The lowest BCUT2D eigenvalue weighted by Gasteiger charge is -2.13. The van der Waals surface area contributed by atoms with Gasteiger partial charge >= 0.3 is 0 Å². The van der Waals surface area contributed by atoms with Crippen LogP contribution in [0.25, 0.3) is 10.9 Å². The summed E-state index contributed by atoms with van der Waals surface area (Å²) in [5, 5.41) is 8.66. The molecule has 1 amide bonds. The lowest BCUT2D eigenvalue weighted by molar-refractivity contribution is -0.117. The smallest absolute Gasteiger partial charge is 0.242 e. The van der Waals surface area contributed by atoms with Crippen molar-refractivity contribution in [1.82, 2.24) is 25.2 Å². The molecule has 148 valence electrons. The summed E-state index contributed by atoms with van der Waals surface area (Å²) >= 11 is 0. The van der Waals surface area contributed by atoms with Crippen LogP contribution in [0.15, 0.2) is 30.5 Å². The van der Waals surface area contributed by atoms with E-state index in [1.807, 2.05) is 30.8 Å². The van der Waals surface area contributed by atoms with Gasteiger partial charge in [0.25, 0.3) is 0 Å². The van der Waals surface area contributed by atoms with Gasteiger partial charge in [-0.25, -0.2) is 10.9 Å². The number of aryl methyl sites for hydroxylation is 2. The highest BCUT2D eigenvalue weighted by Crippen LogP contribution is 2.30. The topological polar surface area (TPSA) is 75.9 Å². The molecule has 3 heterocycles. The Bertz CT molecular complexity index is 1030. The summed E-state index contributed by atoms with van der Waals surface area (Å²) in [6.07, 6.45) is 2.76. The molecule has 0 radical (unpaired) electrons. The number of hydrogen-bond acceptors (Lipinski definition) is 4. The fourth-order valence-electron chi connectivity index (χ4n) is 4.18. The van der Waals surface area contributed by atoms with Crippen LogP contribution in [-0.2, 0) is 11.8 Å². The van der Waals surface area contributed by atoms with E-state index in [4.69, 9.17) is 0 Å². The predicted molar refractivity (Wildman–Crippen MR) is 111 cm³/mol. The molecule has 2 aromatic heterocycles. The zero-order valence-electron chi connectivity index (χ0n) is 17.1. The number of benzene rings is 1. The first-order chi connectivity index (χ1) is 13.4. The second kappa shape index (κ2) is 7.07. The summed E-state index contributed by atoms with van der Waals surface area (Å²) in [5.41, 5.74) is 11.7. The quantitative estimate of drug-likeness (QED) is 0.650. The van der Waals surface area contributed by atoms with Gasteiger partial charge in [-0.05, 0) is 52.3 Å². The van der Waals surface area contributed by atoms with Gasteiger partial charge < -0.3 is 9.88 Å². The molecule has 28 heavy (non-hydrogen) atoms. The molecule has 1 aromatic carbocycles. The van der Waals surface area contributed by atoms with Crippen molar-refractivity contribution < 1.29 is 4.79 Å². The molecule has 1 aliphatic heterocycles. The number of rotatable bonds is 4. The summed E-state index contributed by atoms with van der Waals surface area (Å²) < 4.78 is 4.10. The zero-order valence-corrected chi connectivity index (χ0v) is 17.1. The van der Waals surface area contributed by atoms with Crippen LogP contribution in [0.4, 0.5) is 5.69 Å². The van der Waals surface area contributed by atoms with Crippen molar-refractivity contribution in [2.75, 3.05) is 5.32 Å². The Morgan fingerprint density at radius 2 is 2.04 bits per heavy atom. The minimum atomic E-state index is -0.300. The van der Waals surface area contributed by atoms with Crippen LogP contribution in [0.5, 0.6) is 0 Å². The molecule has 0 aliphatic carbocycles. The third-order valence-corrected chi connectivity index (χ3v) is 5.71. The number of aromatic nitrogens is 3. The van der Waals surface area contributed by atoms with Gasteiger partial charge in [-0.2, -0.15) is 5.10 Å². The molecule has 0 spiro atoms. The maximum atomic E-state index is 12.9. The van der Waals surface area contributed by atoms with E-state index >= 15 is 0 Å². The third kappa shape index (κ3) is 3.10. The molecule has 4 rings (SSSR count). The standard InChI is InChI=1S/C21H28N6O/c1-12(2)27-10-9-15-16(7-6-8-19(15)27)22-21(28)18-11-17(23-24-18)20-13(3)25-26(5)14(20)4/h6-10,12,17-18,23-24H,11H2,1-5H3,(H,22,28). The fourth-order valence-corrected chi connectivity index (χ4v) is 4.18. The maximum Gasteiger partial charge on any atom is 0.242 e. The van der Waals surface area contributed by atoms with Crippen molar-refractivity contribution in [2.24, 2.45) is 7.05 Å². The van der Waals surface area contributed by atoms with E-state index < -0.39 is 0 Å². The van der Waals surface area contributed by atoms with Gasteiger partial charge in [-0.15, -0.1) is 0 Å². The first-order valence-corrected chi connectivity index (χ1v) is 9.78. The van der Waals surface area contributed by atoms with E-state index in [-0.39, 0.29) is 18.0 Å². The molecule has 2 unspecified atom stereocenters. The Kier molecular flexibility index (Phi) is 4.72. The van der Waals surface area contributed by atoms with E-state index in [9.17, 15) is 4.79 Å². The highest BCUT2D eigenvalue weighted by molar-refractivity contribution is 6.03. The van der Waals surface area contributed by atoms with Gasteiger partial charge in [0.05, 0.1) is 22.9 Å². The minimum absolute atomic E-state index is 0.0287. The van der Waals surface area contributed by atoms with E-state index in [2.05, 4.69) is 64.9 Å². The molecule has 0 bridgehead atoms. The second-order valence-electron chi connectivity index (χ2n) is 7.88. The van der Waals surface area contributed by atoms with Gasteiger partial charge in [-0.3, -0.25) is 9.48 Å². The van der Waals surface area contributed by atoms with Gasteiger partial charge in [0.2, 0.25) is 5.91 Å². The number of amides is 1. The van der Waals surface area contributed by atoms with Gasteiger partial charge in [0, 0.05) is 35.9 Å². The molecule has 0 saturated carbocycles. The average molecular weight is 380 g/mol. The molecular weight excluding hydrogens is 352 g/mol. The molecule has 3 aromatic rings. The van der Waals surface area contributed by atoms with Crippen molar-refractivity contribution >= 4 is 22.5 Å². The Hall–Kier alpha value is -2.64. The Morgan fingerprint density at radius 1 is 1.25 bits per heavy atom. The second-order valence-corrected chi connectivity index (χ2v) is 7.88. The van der Waals surface area contributed by atoms with E-state index in [0.717, 1.165) is 28.0 Å². The third-order valence-electron chi connectivity index (χ3n) is 5.71. The van der Waals surface area contributed by atoms with E-state index in [0.29, 0.717) is 12.5 Å². The zero-order chi connectivity index (χ0) is 20.0. The van der Waals surface area contributed by atoms with Crippen molar-refractivity contribution in [1.29, 1.82) is 0 Å². The van der Waals surface area contributed by atoms with Crippen LogP contribution in [-0.4, -0.2) is 26.3 Å². The molecule has 1 aliphatic rings. The molecule has 7 heteroatoms. The monoisotopic (exact) mass is 380 g/mol. The fraction of sp³-hybridized carbons (Fsp3) is 0.429. The van der Waals surface area contributed by atoms with E-state index in [1.165, 1.54) is 5.56 Å². The highest BCUT2D eigenvalue weighted by atomic mass is 16.2. The van der Waals surface area contributed by atoms with Crippen LogP contribution in [0.2, 0.25) is 0 Å². The van der Waals surface area contributed by atoms with Crippen LogP contribution < -0.4 is 16.2 Å². The molecule has 3 N–H and O–H groups in total. The normalized spacial score (nSPS) is 19.6. The van der Waals surface area contributed by atoms with Gasteiger partial charge in [-0.1, -0.05) is 6.07 Å². The van der Waals surface area contributed by atoms with Gasteiger partial charge in [0.15, 0.2) is 0 Å². The first-order valence-electron chi connectivity index (χ1n) is 9.78. The number of hydrogen-bond donors (Lipinski definition) is 3. The van der Waals surface area contributed by atoms with Crippen LogP contribution >= 0.6 is 0 Å². The summed E-state index contributed by atoms with van der Waals surface area (Å²) in [5.74, 6) is -0.0287. The Balaban J connectivity index is 1.52. The number of nitrogens with one attached hydrogen (secondary N) is 3. The lowest BCUT2D eigenvalue weighted by atomic mass is 10.00. The summed E-state index contributed by atoms with van der Waals surface area (Å²) in [4.78, 5) is 12.9. The highest BCUT2D eigenvalue weighted by Gasteiger charge is 2.33. The largest absolute Gasteiger partial charge is 0.345 e. The van der Waals surface area contributed by atoms with Crippen molar-refractivity contribution in [3.05, 3.63) is 47.4 Å². The van der Waals surface area contributed by atoms with Crippen molar-refractivity contribution in [3.63, 3.8) is 0 Å². The average Bonchev–Trinajstić information content (AvgIpc) is 3.34. The lowest BCUT2D eigenvalue weighted by Crippen LogP contribution is -2.39. The predicted octanol–water partition coefficient (Wildman–Crippen LogP) is 3.12. The minimum Gasteiger partial charge on any atom is -0.345 e. The SMILES string of the molecule is Cc1nn(C)c(C)c1C1CC(C(=O)Nc2cccc3c2ccn3C(C)C)NN1. The van der Waals surface area contributed by atoms with Crippen molar-refractivity contribution in [2.45, 2.75) is 52.2 Å². The maximum absolute atomic E-state index is 12.9.